The Hall–Kier alpha value is -2.63. The third-order valence-corrected chi connectivity index (χ3v) is 3.94. The number of hydrogen-bond donors (Lipinski definition) is 1. The summed E-state index contributed by atoms with van der Waals surface area (Å²) < 4.78 is 1.82. The van der Waals surface area contributed by atoms with Crippen LogP contribution >= 0.6 is 0 Å². The molecule has 0 aliphatic rings. The van der Waals surface area contributed by atoms with E-state index in [1.54, 1.807) is 0 Å². The maximum absolute atomic E-state index is 12.5. The van der Waals surface area contributed by atoms with Crippen molar-refractivity contribution in [3.8, 4) is 5.69 Å². The molecule has 6 nitrogen and oxygen atoms in total. The van der Waals surface area contributed by atoms with Crippen LogP contribution in [0.2, 0.25) is 0 Å². The summed E-state index contributed by atoms with van der Waals surface area (Å²) in [6, 6.07) is 9.73. The van der Waals surface area contributed by atoms with E-state index in [1.807, 2.05) is 55.8 Å². The molecule has 0 saturated heterocycles. The van der Waals surface area contributed by atoms with Crippen molar-refractivity contribution in [1.82, 2.24) is 14.7 Å². The Bertz CT molecular complexity index is 723. The van der Waals surface area contributed by atoms with Gasteiger partial charge in [0.15, 0.2) is 0 Å². The lowest BCUT2D eigenvalue weighted by molar-refractivity contribution is -0.144. The molecule has 1 aromatic carbocycles. The van der Waals surface area contributed by atoms with Crippen molar-refractivity contribution < 1.29 is 14.7 Å². The Morgan fingerprint density at radius 2 is 1.88 bits per heavy atom. The van der Waals surface area contributed by atoms with E-state index in [9.17, 15) is 9.59 Å². The monoisotopic (exact) mass is 329 g/mol. The van der Waals surface area contributed by atoms with E-state index in [1.165, 1.54) is 4.90 Å². The molecule has 1 N–H and O–H groups in total. The fourth-order valence-corrected chi connectivity index (χ4v) is 2.74. The number of aliphatic carboxylic acids is 1. The van der Waals surface area contributed by atoms with Crippen molar-refractivity contribution in [1.29, 1.82) is 0 Å². The highest BCUT2D eigenvalue weighted by Crippen LogP contribution is 2.19. The van der Waals surface area contributed by atoms with E-state index in [0.717, 1.165) is 29.1 Å². The van der Waals surface area contributed by atoms with E-state index in [0.29, 0.717) is 6.54 Å². The molecule has 1 heterocycles. The Kier molecular flexibility index (Phi) is 5.73. The molecular weight excluding hydrogens is 306 g/mol. The van der Waals surface area contributed by atoms with Crippen LogP contribution in [0.4, 0.5) is 0 Å². The van der Waals surface area contributed by atoms with Gasteiger partial charge in [-0.2, -0.15) is 5.10 Å². The molecule has 0 saturated carbocycles. The number of carboxylic acid groups (broad SMARTS) is 1. The first kappa shape index (κ1) is 17.7. The van der Waals surface area contributed by atoms with Gasteiger partial charge in [0, 0.05) is 17.8 Å². The van der Waals surface area contributed by atoms with Gasteiger partial charge in [0.1, 0.15) is 6.54 Å². The van der Waals surface area contributed by atoms with Crippen LogP contribution in [0.15, 0.2) is 30.3 Å². The number of carboxylic acids is 1. The van der Waals surface area contributed by atoms with Crippen LogP contribution in [-0.4, -0.2) is 44.8 Å². The second kappa shape index (κ2) is 7.77. The molecule has 0 aliphatic heterocycles. The van der Waals surface area contributed by atoms with Gasteiger partial charge >= 0.3 is 5.97 Å². The lowest BCUT2D eigenvalue weighted by Crippen LogP contribution is -2.37. The highest BCUT2D eigenvalue weighted by atomic mass is 16.4. The van der Waals surface area contributed by atoms with Crippen LogP contribution in [-0.2, 0) is 16.0 Å². The number of carbonyl (C=O) groups excluding carboxylic acids is 1. The number of para-hydroxylation sites is 1. The molecule has 1 amide bonds. The normalized spacial score (nSPS) is 10.6. The summed E-state index contributed by atoms with van der Waals surface area (Å²) >= 11 is 0. The molecule has 1 aromatic heterocycles. The van der Waals surface area contributed by atoms with E-state index >= 15 is 0 Å². The fraction of sp³-hybridized carbons (Fsp3) is 0.389. The van der Waals surface area contributed by atoms with Gasteiger partial charge in [-0.15, -0.1) is 0 Å². The van der Waals surface area contributed by atoms with Gasteiger partial charge in [0.25, 0.3) is 0 Å². The van der Waals surface area contributed by atoms with Crippen LogP contribution in [0.25, 0.3) is 5.69 Å². The predicted octanol–water partition coefficient (Wildman–Crippen LogP) is 2.35. The van der Waals surface area contributed by atoms with E-state index in [4.69, 9.17) is 5.11 Å². The number of hydrogen-bond acceptors (Lipinski definition) is 3. The van der Waals surface area contributed by atoms with Crippen LogP contribution in [0.3, 0.4) is 0 Å². The highest BCUT2D eigenvalue weighted by Gasteiger charge is 2.21. The quantitative estimate of drug-likeness (QED) is 0.846. The molecule has 0 aliphatic carbocycles. The van der Waals surface area contributed by atoms with E-state index in [2.05, 4.69) is 5.10 Å². The minimum Gasteiger partial charge on any atom is -0.480 e. The number of aryl methyl sites for hydroxylation is 1. The molecule has 0 fully saturated rings. The van der Waals surface area contributed by atoms with Crippen molar-refractivity contribution in [2.75, 3.05) is 13.1 Å². The standard InChI is InChI=1S/C18H23N3O3/c1-4-10-20(12-18(23)24)17(22)11-16-13(2)19-21(14(16)3)15-8-6-5-7-9-15/h5-9H,4,10-12H2,1-3H3,(H,23,24). The van der Waals surface area contributed by atoms with Crippen molar-refractivity contribution in [3.63, 3.8) is 0 Å². The number of nitrogens with zero attached hydrogens (tertiary/aromatic N) is 3. The molecule has 0 bridgehead atoms. The van der Waals surface area contributed by atoms with E-state index < -0.39 is 5.97 Å². The topological polar surface area (TPSA) is 75.4 Å². The predicted molar refractivity (Wildman–Crippen MR) is 91.2 cm³/mol. The van der Waals surface area contributed by atoms with Crippen LogP contribution < -0.4 is 0 Å². The van der Waals surface area contributed by atoms with Gasteiger partial charge in [-0.25, -0.2) is 4.68 Å². The first-order valence-electron chi connectivity index (χ1n) is 8.04. The molecular formula is C18H23N3O3. The fourth-order valence-electron chi connectivity index (χ4n) is 2.74. The first-order valence-corrected chi connectivity index (χ1v) is 8.04. The number of benzene rings is 1. The molecule has 0 radical (unpaired) electrons. The zero-order valence-corrected chi connectivity index (χ0v) is 14.3. The van der Waals surface area contributed by atoms with E-state index in [-0.39, 0.29) is 18.9 Å². The van der Waals surface area contributed by atoms with Gasteiger partial charge in [0.2, 0.25) is 5.91 Å². The number of rotatable bonds is 7. The Balaban J connectivity index is 2.25. The molecule has 2 rings (SSSR count). The minimum absolute atomic E-state index is 0.164. The van der Waals surface area contributed by atoms with Crippen molar-refractivity contribution in [3.05, 3.63) is 47.3 Å². The summed E-state index contributed by atoms with van der Waals surface area (Å²) in [5.41, 5.74) is 3.48. The molecule has 24 heavy (non-hydrogen) atoms. The Labute approximate surface area is 141 Å². The molecule has 0 atom stereocenters. The largest absolute Gasteiger partial charge is 0.480 e. The second-order valence-electron chi connectivity index (χ2n) is 5.78. The summed E-state index contributed by atoms with van der Waals surface area (Å²) in [5, 5.41) is 13.5. The van der Waals surface area contributed by atoms with Gasteiger partial charge < -0.3 is 10.0 Å². The second-order valence-corrected chi connectivity index (χ2v) is 5.78. The molecule has 0 unspecified atom stereocenters. The SMILES string of the molecule is CCCN(CC(=O)O)C(=O)Cc1c(C)nn(-c2ccccc2)c1C. The van der Waals surface area contributed by atoms with Crippen LogP contribution in [0.1, 0.15) is 30.3 Å². The maximum Gasteiger partial charge on any atom is 0.323 e. The molecule has 2 aromatic rings. The van der Waals surface area contributed by atoms with Crippen LogP contribution in [0, 0.1) is 13.8 Å². The zero-order chi connectivity index (χ0) is 17.7. The zero-order valence-electron chi connectivity index (χ0n) is 14.3. The van der Waals surface area contributed by atoms with Gasteiger partial charge in [-0.3, -0.25) is 9.59 Å². The summed E-state index contributed by atoms with van der Waals surface area (Å²) in [7, 11) is 0. The lowest BCUT2D eigenvalue weighted by atomic mass is 10.1. The third kappa shape index (κ3) is 4.01. The van der Waals surface area contributed by atoms with Crippen molar-refractivity contribution in [2.24, 2.45) is 0 Å². The van der Waals surface area contributed by atoms with Crippen molar-refractivity contribution in [2.45, 2.75) is 33.6 Å². The van der Waals surface area contributed by atoms with Gasteiger partial charge in [-0.1, -0.05) is 25.1 Å². The number of carbonyl (C=O) groups is 2. The highest BCUT2D eigenvalue weighted by molar-refractivity contribution is 5.83. The average molecular weight is 329 g/mol. The van der Waals surface area contributed by atoms with Gasteiger partial charge in [-0.05, 0) is 32.4 Å². The Morgan fingerprint density at radius 1 is 1.21 bits per heavy atom. The third-order valence-electron chi connectivity index (χ3n) is 3.94. The number of aromatic nitrogens is 2. The number of amides is 1. The molecule has 128 valence electrons. The summed E-state index contributed by atoms with van der Waals surface area (Å²) in [6.07, 6.45) is 0.887. The summed E-state index contributed by atoms with van der Waals surface area (Å²) in [5.74, 6) is -1.18. The smallest absolute Gasteiger partial charge is 0.323 e. The Morgan fingerprint density at radius 3 is 2.46 bits per heavy atom. The molecule has 6 heteroatoms. The summed E-state index contributed by atoms with van der Waals surface area (Å²) in [4.78, 5) is 24.9. The van der Waals surface area contributed by atoms with Gasteiger partial charge in [0.05, 0.1) is 17.8 Å². The minimum atomic E-state index is -0.995. The first-order chi connectivity index (χ1) is 11.4. The van der Waals surface area contributed by atoms with Crippen LogP contribution in [0.5, 0.6) is 0 Å². The maximum atomic E-state index is 12.5. The molecule has 0 spiro atoms. The lowest BCUT2D eigenvalue weighted by Gasteiger charge is -2.20. The van der Waals surface area contributed by atoms with Crippen molar-refractivity contribution >= 4 is 11.9 Å². The summed E-state index contributed by atoms with van der Waals surface area (Å²) in [6.45, 7) is 5.90. The average Bonchev–Trinajstić information content (AvgIpc) is 2.83.